The number of carbonyl (C=O) groups excluding carboxylic acids is 1. The molecule has 0 aliphatic carbocycles. The molecular weight excluding hydrogens is 525 g/mol. The molecule has 2 aromatic heterocycles. The van der Waals surface area contributed by atoms with Gasteiger partial charge in [0.25, 0.3) is 0 Å². The van der Waals surface area contributed by atoms with Gasteiger partial charge in [-0.05, 0) is 60.1 Å². The Hall–Kier alpha value is -4.14. The lowest BCUT2D eigenvalue weighted by Gasteiger charge is -2.25. The first-order chi connectivity index (χ1) is 19.2. The van der Waals surface area contributed by atoms with Crippen LogP contribution in [0.5, 0.6) is 0 Å². The van der Waals surface area contributed by atoms with Gasteiger partial charge in [-0.25, -0.2) is 0 Å². The van der Waals surface area contributed by atoms with Crippen LogP contribution in [-0.2, 0) is 4.79 Å². The molecule has 1 fully saturated rings. The standard InChI is InChI=1S/C31H26N4O2S2/c36-27(33-24-15-8-10-21-9-4-5-13-23(21)24)18-20-35-30(29(34-31(35)38)25-14-6-7-19-32-25)26-16-17-28(37-26)39-22-11-2-1-3-12-22/h1-17,19,29-30H,18,20H2,(H,33,36)(H,34,38)/t29-,30+/m0/s1. The van der Waals surface area contributed by atoms with Gasteiger partial charge >= 0.3 is 0 Å². The van der Waals surface area contributed by atoms with Gasteiger partial charge in [-0.1, -0.05) is 72.4 Å². The number of pyridine rings is 1. The van der Waals surface area contributed by atoms with Gasteiger partial charge in [-0.2, -0.15) is 0 Å². The maximum absolute atomic E-state index is 13.1. The third-order valence-corrected chi connectivity index (χ3v) is 7.98. The van der Waals surface area contributed by atoms with E-state index in [1.165, 1.54) is 0 Å². The third kappa shape index (κ3) is 5.53. The number of nitrogens with one attached hydrogen (secondary N) is 2. The van der Waals surface area contributed by atoms with E-state index in [-0.39, 0.29) is 24.4 Å². The Balaban J connectivity index is 1.22. The minimum Gasteiger partial charge on any atom is -0.452 e. The highest BCUT2D eigenvalue weighted by Crippen LogP contribution is 2.41. The first-order valence-corrected chi connectivity index (χ1v) is 14.0. The van der Waals surface area contributed by atoms with E-state index in [0.29, 0.717) is 11.7 Å². The van der Waals surface area contributed by atoms with Crippen LogP contribution in [0.2, 0.25) is 0 Å². The molecule has 1 saturated heterocycles. The Morgan fingerprint density at radius 2 is 1.74 bits per heavy atom. The van der Waals surface area contributed by atoms with E-state index in [1.54, 1.807) is 18.0 Å². The van der Waals surface area contributed by atoms with E-state index in [1.807, 2.05) is 95.9 Å². The smallest absolute Gasteiger partial charge is 0.226 e. The van der Waals surface area contributed by atoms with Crippen LogP contribution in [0.3, 0.4) is 0 Å². The van der Waals surface area contributed by atoms with Crippen LogP contribution in [0.25, 0.3) is 10.8 Å². The number of rotatable bonds is 8. The van der Waals surface area contributed by atoms with Crippen LogP contribution in [-0.4, -0.2) is 27.4 Å². The van der Waals surface area contributed by atoms with E-state index in [4.69, 9.17) is 16.6 Å². The van der Waals surface area contributed by atoms with Crippen molar-refractivity contribution in [1.29, 1.82) is 0 Å². The molecule has 1 amide bonds. The topological polar surface area (TPSA) is 70.4 Å². The monoisotopic (exact) mass is 550 g/mol. The van der Waals surface area contributed by atoms with Gasteiger partial charge in [0.2, 0.25) is 5.91 Å². The van der Waals surface area contributed by atoms with Gasteiger partial charge in [0.05, 0.1) is 11.7 Å². The summed E-state index contributed by atoms with van der Waals surface area (Å²) in [6.45, 7) is 0.429. The molecule has 1 aliphatic rings. The lowest BCUT2D eigenvalue weighted by molar-refractivity contribution is -0.116. The Labute approximate surface area is 236 Å². The quantitative estimate of drug-likeness (QED) is 0.202. The number of hydrogen-bond donors (Lipinski definition) is 2. The highest BCUT2D eigenvalue weighted by molar-refractivity contribution is 7.99. The van der Waals surface area contributed by atoms with Gasteiger partial charge in [0.1, 0.15) is 11.8 Å². The summed E-state index contributed by atoms with van der Waals surface area (Å²) in [6.07, 6.45) is 2.04. The second kappa shape index (κ2) is 11.3. The molecule has 39 heavy (non-hydrogen) atoms. The maximum atomic E-state index is 13.1. The van der Waals surface area contributed by atoms with E-state index < -0.39 is 0 Å². The molecule has 0 radical (unpaired) electrons. The van der Waals surface area contributed by atoms with E-state index in [0.717, 1.165) is 37.9 Å². The van der Waals surface area contributed by atoms with Crippen molar-refractivity contribution in [3.05, 3.63) is 121 Å². The first-order valence-electron chi connectivity index (χ1n) is 12.7. The number of anilines is 1. The molecule has 194 valence electrons. The molecule has 0 saturated carbocycles. The SMILES string of the molecule is O=C(CCN1C(=S)N[C@@H](c2ccccn2)[C@H]1c1ccc(Sc2ccccc2)o1)Nc1cccc2ccccc12. The van der Waals surface area contributed by atoms with Crippen molar-refractivity contribution < 1.29 is 9.21 Å². The molecule has 0 spiro atoms. The minimum absolute atomic E-state index is 0.0750. The van der Waals surface area contributed by atoms with Gasteiger partial charge in [0, 0.05) is 35.1 Å². The number of carbonyl (C=O) groups is 1. The third-order valence-electron chi connectivity index (χ3n) is 6.70. The number of nitrogens with zero attached hydrogens (tertiary/aromatic N) is 2. The van der Waals surface area contributed by atoms with Gasteiger partial charge < -0.3 is 20.0 Å². The first kappa shape index (κ1) is 25.2. The fraction of sp³-hybridized carbons (Fsp3) is 0.129. The molecule has 2 atom stereocenters. The number of aromatic nitrogens is 1. The lowest BCUT2D eigenvalue weighted by atomic mass is 10.0. The van der Waals surface area contributed by atoms with E-state index in [9.17, 15) is 4.79 Å². The predicted octanol–water partition coefficient (Wildman–Crippen LogP) is 6.98. The van der Waals surface area contributed by atoms with Gasteiger partial charge in [0.15, 0.2) is 10.2 Å². The van der Waals surface area contributed by atoms with Crippen LogP contribution < -0.4 is 10.6 Å². The molecule has 1 aliphatic heterocycles. The zero-order chi connectivity index (χ0) is 26.6. The fourth-order valence-electron chi connectivity index (χ4n) is 4.88. The number of thiocarbonyl (C=S) groups is 1. The fourth-order valence-corrected chi connectivity index (χ4v) is 6.01. The van der Waals surface area contributed by atoms with Gasteiger partial charge in [-0.15, -0.1) is 0 Å². The van der Waals surface area contributed by atoms with Crippen LogP contribution in [0.4, 0.5) is 5.69 Å². The Morgan fingerprint density at radius 3 is 2.59 bits per heavy atom. The number of amides is 1. The summed E-state index contributed by atoms with van der Waals surface area (Å²) in [5.74, 6) is 0.694. The van der Waals surface area contributed by atoms with Gasteiger partial charge in [-0.3, -0.25) is 9.78 Å². The summed E-state index contributed by atoms with van der Waals surface area (Å²) >= 11 is 7.33. The highest BCUT2D eigenvalue weighted by Gasteiger charge is 2.41. The summed E-state index contributed by atoms with van der Waals surface area (Å²) in [5.41, 5.74) is 1.66. The summed E-state index contributed by atoms with van der Waals surface area (Å²) in [7, 11) is 0. The van der Waals surface area contributed by atoms with Crippen LogP contribution in [0.15, 0.2) is 124 Å². The summed E-state index contributed by atoms with van der Waals surface area (Å²) in [6, 6.07) is 33.4. The molecule has 6 nitrogen and oxygen atoms in total. The minimum atomic E-state index is -0.247. The second-order valence-electron chi connectivity index (χ2n) is 9.22. The molecule has 0 unspecified atom stereocenters. The number of furan rings is 1. The second-order valence-corrected chi connectivity index (χ2v) is 10.7. The average Bonchev–Trinajstić information content (AvgIpc) is 3.56. The van der Waals surface area contributed by atoms with Crippen LogP contribution in [0, 0.1) is 0 Å². The van der Waals surface area contributed by atoms with Crippen molar-refractivity contribution in [3.8, 4) is 0 Å². The summed E-state index contributed by atoms with van der Waals surface area (Å²) in [4.78, 5) is 20.8. The zero-order valence-corrected chi connectivity index (χ0v) is 22.6. The van der Waals surface area contributed by atoms with Crippen LogP contribution in [0.1, 0.15) is 30.0 Å². The predicted molar refractivity (Wildman–Crippen MR) is 159 cm³/mol. The molecule has 3 heterocycles. The number of fused-ring (bicyclic) bond motifs is 1. The molecule has 0 bridgehead atoms. The molecule has 5 aromatic rings. The highest BCUT2D eigenvalue weighted by atomic mass is 32.2. The molecular formula is C31H26N4O2S2. The van der Waals surface area contributed by atoms with Crippen molar-refractivity contribution in [1.82, 2.24) is 15.2 Å². The Bertz CT molecular complexity index is 1600. The van der Waals surface area contributed by atoms with E-state index in [2.05, 4.69) is 27.8 Å². The Kier molecular flexibility index (Phi) is 7.29. The zero-order valence-electron chi connectivity index (χ0n) is 21.0. The van der Waals surface area contributed by atoms with E-state index >= 15 is 0 Å². The van der Waals surface area contributed by atoms with Crippen molar-refractivity contribution >= 4 is 51.5 Å². The summed E-state index contributed by atoms with van der Waals surface area (Å²) < 4.78 is 6.35. The maximum Gasteiger partial charge on any atom is 0.226 e. The molecule has 8 heteroatoms. The molecule has 6 rings (SSSR count). The summed E-state index contributed by atoms with van der Waals surface area (Å²) in [5, 5.41) is 9.97. The van der Waals surface area contributed by atoms with Crippen molar-refractivity contribution in [2.45, 2.75) is 28.5 Å². The lowest BCUT2D eigenvalue weighted by Crippen LogP contribution is -2.32. The largest absolute Gasteiger partial charge is 0.452 e. The molecule has 3 aromatic carbocycles. The van der Waals surface area contributed by atoms with Crippen LogP contribution >= 0.6 is 24.0 Å². The van der Waals surface area contributed by atoms with Crippen molar-refractivity contribution in [2.75, 3.05) is 11.9 Å². The Morgan fingerprint density at radius 1 is 0.949 bits per heavy atom. The number of benzene rings is 3. The van der Waals surface area contributed by atoms with Crippen molar-refractivity contribution in [2.24, 2.45) is 0 Å². The normalized spacial score (nSPS) is 16.8. The van der Waals surface area contributed by atoms with Crippen molar-refractivity contribution in [3.63, 3.8) is 0 Å². The number of hydrogen-bond acceptors (Lipinski definition) is 5. The average molecular weight is 551 g/mol. The molecule has 2 N–H and O–H groups in total.